The van der Waals surface area contributed by atoms with Crippen molar-refractivity contribution in [3.8, 4) is 0 Å². The predicted molar refractivity (Wildman–Crippen MR) is 51.0 cm³/mol. The minimum absolute atomic E-state index is 0.654. The molecular formula is C9H21Ga. The molecule has 60 valence electrons. The molecule has 0 aliphatic carbocycles. The Labute approximate surface area is 71.4 Å². The van der Waals surface area contributed by atoms with Gasteiger partial charge in [0.05, 0.1) is 0 Å². The molecule has 0 saturated heterocycles. The quantitative estimate of drug-likeness (QED) is 0.451. The van der Waals surface area contributed by atoms with Crippen LogP contribution in [0.1, 0.15) is 40.0 Å². The number of rotatable bonds is 6. The summed E-state index contributed by atoms with van der Waals surface area (Å²) in [5.41, 5.74) is 0. The zero-order chi connectivity index (χ0) is 7.82. The molecule has 0 aromatic heterocycles. The van der Waals surface area contributed by atoms with Crippen molar-refractivity contribution in [2.75, 3.05) is 0 Å². The Bertz CT molecular complexity index is 57.7. The van der Waals surface area contributed by atoms with Crippen LogP contribution in [-0.4, -0.2) is 16.2 Å². The van der Waals surface area contributed by atoms with Crippen LogP contribution in [0.5, 0.6) is 0 Å². The Morgan fingerprint density at radius 1 is 0.900 bits per heavy atom. The molecule has 0 fully saturated rings. The summed E-state index contributed by atoms with van der Waals surface area (Å²) in [5.74, 6) is 0. The van der Waals surface area contributed by atoms with Gasteiger partial charge in [-0.3, -0.25) is 0 Å². The molecule has 0 rings (SSSR count). The molecule has 0 aliphatic heterocycles. The standard InChI is InChI=1S/C5H11.2C2H5.Ga/c1-3-5-4-2;2*1-2;/h1,3-5H2,2H3;2*1H2,2H3;. The van der Waals surface area contributed by atoms with Crippen LogP contribution in [0.25, 0.3) is 0 Å². The van der Waals surface area contributed by atoms with E-state index in [1.165, 1.54) is 19.3 Å². The van der Waals surface area contributed by atoms with Crippen LogP contribution < -0.4 is 0 Å². The van der Waals surface area contributed by atoms with Crippen molar-refractivity contribution in [1.29, 1.82) is 0 Å². The molecule has 0 unspecified atom stereocenters. The molecule has 1 heteroatoms. The van der Waals surface area contributed by atoms with Crippen molar-refractivity contribution in [2.24, 2.45) is 0 Å². The summed E-state index contributed by atoms with van der Waals surface area (Å²) >= 11 is -0.654. The van der Waals surface area contributed by atoms with E-state index in [2.05, 4.69) is 20.8 Å². The zero-order valence-corrected chi connectivity index (χ0v) is 10.2. The molecule has 0 bridgehead atoms. The van der Waals surface area contributed by atoms with Crippen molar-refractivity contribution < 1.29 is 0 Å². The number of unbranched alkanes of at least 4 members (excludes halogenated alkanes) is 2. The third-order valence-corrected chi connectivity index (χ3v) is 9.79. The van der Waals surface area contributed by atoms with E-state index in [1.807, 2.05) is 0 Å². The van der Waals surface area contributed by atoms with E-state index in [9.17, 15) is 0 Å². The van der Waals surface area contributed by atoms with Crippen molar-refractivity contribution in [1.82, 2.24) is 0 Å². The summed E-state index contributed by atoms with van der Waals surface area (Å²) in [6, 6.07) is 0. The van der Waals surface area contributed by atoms with Gasteiger partial charge in [0, 0.05) is 0 Å². The van der Waals surface area contributed by atoms with Gasteiger partial charge in [-0.25, -0.2) is 0 Å². The Morgan fingerprint density at radius 2 is 1.50 bits per heavy atom. The summed E-state index contributed by atoms with van der Waals surface area (Å²) in [6.45, 7) is 7.07. The molecule has 0 nitrogen and oxygen atoms in total. The van der Waals surface area contributed by atoms with Gasteiger partial charge in [-0.2, -0.15) is 0 Å². The summed E-state index contributed by atoms with van der Waals surface area (Å²) in [5, 5.41) is 0. The minimum atomic E-state index is -0.654. The summed E-state index contributed by atoms with van der Waals surface area (Å²) in [7, 11) is 0. The van der Waals surface area contributed by atoms with E-state index >= 15 is 0 Å². The molecule has 0 radical (unpaired) electrons. The van der Waals surface area contributed by atoms with E-state index in [-0.39, 0.29) is 0 Å². The Hall–Kier alpha value is 0.636. The Balaban J connectivity index is 3.09. The molecule has 0 heterocycles. The van der Waals surface area contributed by atoms with Crippen molar-refractivity contribution in [2.45, 2.75) is 55.0 Å². The van der Waals surface area contributed by atoms with Crippen LogP contribution in [0.4, 0.5) is 0 Å². The van der Waals surface area contributed by atoms with Gasteiger partial charge in [-0.1, -0.05) is 0 Å². The Morgan fingerprint density at radius 3 is 1.90 bits per heavy atom. The fourth-order valence-corrected chi connectivity index (χ4v) is 6.12. The Kier molecular flexibility index (Phi) is 8.23. The van der Waals surface area contributed by atoms with Gasteiger partial charge in [0.1, 0.15) is 0 Å². The van der Waals surface area contributed by atoms with E-state index < -0.39 is 16.2 Å². The molecule has 0 saturated carbocycles. The average molecular weight is 199 g/mol. The van der Waals surface area contributed by atoms with Crippen molar-refractivity contribution in [3.05, 3.63) is 0 Å². The van der Waals surface area contributed by atoms with Crippen molar-refractivity contribution >= 4 is 16.2 Å². The fourth-order valence-electron chi connectivity index (χ4n) is 1.38. The first-order valence-corrected chi connectivity index (χ1v) is 9.99. The van der Waals surface area contributed by atoms with Crippen LogP contribution in [0.15, 0.2) is 0 Å². The van der Waals surface area contributed by atoms with E-state index in [4.69, 9.17) is 0 Å². The van der Waals surface area contributed by atoms with Gasteiger partial charge in [-0.15, -0.1) is 0 Å². The summed E-state index contributed by atoms with van der Waals surface area (Å²) in [4.78, 5) is 4.77. The third kappa shape index (κ3) is 5.42. The van der Waals surface area contributed by atoms with Gasteiger partial charge in [0.15, 0.2) is 0 Å². The second-order valence-corrected chi connectivity index (χ2v) is 11.4. The molecule has 0 atom stereocenters. The van der Waals surface area contributed by atoms with Gasteiger partial charge < -0.3 is 0 Å². The summed E-state index contributed by atoms with van der Waals surface area (Å²) in [6.07, 6.45) is 4.40. The van der Waals surface area contributed by atoms with Gasteiger partial charge >= 0.3 is 71.2 Å². The molecule has 0 aromatic carbocycles. The normalized spacial score (nSPS) is 9.90. The first-order chi connectivity index (χ1) is 4.85. The van der Waals surface area contributed by atoms with Crippen LogP contribution in [0.2, 0.25) is 14.9 Å². The number of hydrogen-bond donors (Lipinski definition) is 0. The second kappa shape index (κ2) is 7.74. The van der Waals surface area contributed by atoms with Crippen LogP contribution >= 0.6 is 0 Å². The van der Waals surface area contributed by atoms with Crippen LogP contribution in [-0.2, 0) is 0 Å². The maximum atomic E-state index is 2.39. The second-order valence-electron chi connectivity index (χ2n) is 3.18. The predicted octanol–water partition coefficient (Wildman–Crippen LogP) is 3.71. The van der Waals surface area contributed by atoms with E-state index in [1.54, 1.807) is 14.9 Å². The maximum absolute atomic E-state index is 2.39. The molecule has 0 amide bonds. The zero-order valence-electron chi connectivity index (χ0n) is 7.82. The fraction of sp³-hybridized carbons (Fsp3) is 1.00. The van der Waals surface area contributed by atoms with E-state index in [0.717, 1.165) is 0 Å². The first-order valence-electron chi connectivity index (χ1n) is 4.85. The molecule has 0 N–H and O–H groups in total. The average Bonchev–Trinajstić information content (AvgIpc) is 1.99. The van der Waals surface area contributed by atoms with E-state index in [0.29, 0.717) is 0 Å². The van der Waals surface area contributed by atoms with Gasteiger partial charge in [0.2, 0.25) is 0 Å². The van der Waals surface area contributed by atoms with Gasteiger partial charge in [-0.05, 0) is 0 Å². The molecule has 0 aromatic rings. The van der Waals surface area contributed by atoms with Crippen LogP contribution in [0, 0.1) is 0 Å². The SMILES string of the molecule is CCCC[CH2][Ga]([CH2]C)[CH2]C. The topological polar surface area (TPSA) is 0 Å². The summed E-state index contributed by atoms with van der Waals surface area (Å²) < 4.78 is 0. The molecule has 0 spiro atoms. The van der Waals surface area contributed by atoms with Crippen LogP contribution in [0.3, 0.4) is 0 Å². The third-order valence-electron chi connectivity index (χ3n) is 2.37. The molecular weight excluding hydrogens is 178 g/mol. The van der Waals surface area contributed by atoms with Gasteiger partial charge in [0.25, 0.3) is 0 Å². The number of hydrogen-bond acceptors (Lipinski definition) is 0. The molecule has 10 heavy (non-hydrogen) atoms. The first kappa shape index (κ1) is 10.6. The van der Waals surface area contributed by atoms with Crippen molar-refractivity contribution in [3.63, 3.8) is 0 Å². The molecule has 0 aliphatic rings. The monoisotopic (exact) mass is 198 g/mol.